The van der Waals surface area contributed by atoms with Gasteiger partial charge in [0.05, 0.1) is 12.0 Å². The number of nitrogens with one attached hydrogen (secondary N) is 2. The van der Waals surface area contributed by atoms with Crippen LogP contribution in [0.4, 0.5) is 0 Å². The molecule has 0 bridgehead atoms. The highest BCUT2D eigenvalue weighted by Gasteiger charge is 2.15. The van der Waals surface area contributed by atoms with Crippen molar-refractivity contribution in [2.24, 2.45) is 0 Å². The summed E-state index contributed by atoms with van der Waals surface area (Å²) in [6.07, 6.45) is 0.679. The van der Waals surface area contributed by atoms with Crippen molar-refractivity contribution in [3.63, 3.8) is 0 Å². The summed E-state index contributed by atoms with van der Waals surface area (Å²) in [5.74, 6) is 0.478. The average molecular weight is 300 g/mol. The van der Waals surface area contributed by atoms with E-state index in [9.17, 15) is 13.2 Å². The number of ether oxygens (including phenoxy) is 1. The Bertz CT molecular complexity index is 570. The van der Waals surface area contributed by atoms with E-state index >= 15 is 0 Å². The van der Waals surface area contributed by atoms with Crippen LogP contribution in [0.2, 0.25) is 0 Å². The van der Waals surface area contributed by atoms with Gasteiger partial charge in [0.25, 0.3) is 0 Å². The van der Waals surface area contributed by atoms with Gasteiger partial charge >= 0.3 is 0 Å². The molecule has 1 amide bonds. The van der Waals surface area contributed by atoms with Crippen molar-refractivity contribution in [3.8, 4) is 5.75 Å². The molecule has 0 unspecified atom stereocenters. The molecule has 0 atom stereocenters. The third-order valence-electron chi connectivity index (χ3n) is 2.73. The number of sulfonamides is 1. The van der Waals surface area contributed by atoms with Crippen LogP contribution in [0.3, 0.4) is 0 Å². The van der Waals surface area contributed by atoms with Gasteiger partial charge in [-0.3, -0.25) is 4.79 Å². The minimum absolute atomic E-state index is 0.148. The molecule has 0 spiro atoms. The van der Waals surface area contributed by atoms with E-state index in [1.54, 1.807) is 19.2 Å². The highest BCUT2D eigenvalue weighted by molar-refractivity contribution is 7.89. The second-order valence-corrected chi connectivity index (χ2v) is 5.97. The number of hydrogen-bond acceptors (Lipinski definition) is 4. The molecule has 0 aliphatic carbocycles. The number of amides is 1. The van der Waals surface area contributed by atoms with Gasteiger partial charge in [-0.15, -0.1) is 0 Å². The van der Waals surface area contributed by atoms with E-state index in [2.05, 4.69) is 10.0 Å². The molecule has 0 fully saturated rings. The number of benzene rings is 1. The standard InChI is InChI=1S/C13H20N2O4S/c1-4-11-9-12(5-6-13(11)19-3)20(17,18)15-8-7-14-10(2)16/h5-6,9,15H,4,7-8H2,1-3H3,(H,14,16). The maximum Gasteiger partial charge on any atom is 0.240 e. The second-order valence-electron chi connectivity index (χ2n) is 4.21. The zero-order valence-corrected chi connectivity index (χ0v) is 12.7. The van der Waals surface area contributed by atoms with Crippen LogP contribution in [0.25, 0.3) is 0 Å². The SMILES string of the molecule is CCc1cc(S(=O)(=O)NCCNC(C)=O)ccc1OC. The van der Waals surface area contributed by atoms with Crippen molar-refractivity contribution in [2.75, 3.05) is 20.2 Å². The molecule has 7 heteroatoms. The Morgan fingerprint density at radius 2 is 2.00 bits per heavy atom. The lowest BCUT2D eigenvalue weighted by molar-refractivity contribution is -0.118. The van der Waals surface area contributed by atoms with Crippen molar-refractivity contribution < 1.29 is 17.9 Å². The normalized spacial score (nSPS) is 11.2. The summed E-state index contributed by atoms with van der Waals surface area (Å²) in [5, 5.41) is 2.52. The van der Waals surface area contributed by atoms with Crippen molar-refractivity contribution >= 4 is 15.9 Å². The molecule has 0 radical (unpaired) electrons. The van der Waals surface area contributed by atoms with Crippen molar-refractivity contribution in [1.82, 2.24) is 10.0 Å². The van der Waals surface area contributed by atoms with E-state index in [1.807, 2.05) is 6.92 Å². The number of rotatable bonds is 7. The molecule has 0 aliphatic heterocycles. The zero-order valence-electron chi connectivity index (χ0n) is 11.9. The summed E-state index contributed by atoms with van der Waals surface area (Å²) in [4.78, 5) is 10.9. The topological polar surface area (TPSA) is 84.5 Å². The first kappa shape index (κ1) is 16.5. The first-order valence-electron chi connectivity index (χ1n) is 6.31. The fraction of sp³-hybridized carbons (Fsp3) is 0.462. The quantitative estimate of drug-likeness (QED) is 0.725. The van der Waals surface area contributed by atoms with E-state index < -0.39 is 10.0 Å². The number of aryl methyl sites for hydroxylation is 1. The van der Waals surface area contributed by atoms with Crippen LogP contribution in [-0.4, -0.2) is 34.5 Å². The number of carbonyl (C=O) groups excluding carboxylic acids is 1. The molecule has 0 saturated heterocycles. The predicted molar refractivity (Wildman–Crippen MR) is 76.2 cm³/mol. The van der Waals surface area contributed by atoms with Gasteiger partial charge in [0.1, 0.15) is 5.75 Å². The molecular formula is C13H20N2O4S. The van der Waals surface area contributed by atoms with E-state index in [1.165, 1.54) is 13.0 Å². The van der Waals surface area contributed by atoms with E-state index in [0.29, 0.717) is 12.2 Å². The molecular weight excluding hydrogens is 280 g/mol. The number of carbonyl (C=O) groups is 1. The van der Waals surface area contributed by atoms with Crippen LogP contribution in [0.15, 0.2) is 23.1 Å². The monoisotopic (exact) mass is 300 g/mol. The van der Waals surface area contributed by atoms with Crippen LogP contribution in [0.5, 0.6) is 5.75 Å². The van der Waals surface area contributed by atoms with Gasteiger partial charge in [0.15, 0.2) is 0 Å². The Kier molecular flexibility index (Phi) is 5.97. The maximum absolute atomic E-state index is 12.1. The van der Waals surface area contributed by atoms with Crippen molar-refractivity contribution in [3.05, 3.63) is 23.8 Å². The van der Waals surface area contributed by atoms with E-state index in [-0.39, 0.29) is 23.9 Å². The fourth-order valence-electron chi connectivity index (χ4n) is 1.71. The Morgan fingerprint density at radius 1 is 1.30 bits per heavy atom. The largest absolute Gasteiger partial charge is 0.496 e. The molecule has 0 aliphatic rings. The smallest absolute Gasteiger partial charge is 0.240 e. The lowest BCUT2D eigenvalue weighted by Gasteiger charge is -2.11. The van der Waals surface area contributed by atoms with Gasteiger partial charge < -0.3 is 10.1 Å². The lowest BCUT2D eigenvalue weighted by Crippen LogP contribution is -2.33. The molecule has 2 N–H and O–H groups in total. The Hall–Kier alpha value is -1.60. The number of hydrogen-bond donors (Lipinski definition) is 2. The summed E-state index contributed by atoms with van der Waals surface area (Å²) < 4.78 is 31.8. The highest BCUT2D eigenvalue weighted by atomic mass is 32.2. The van der Waals surface area contributed by atoms with Crippen LogP contribution in [0.1, 0.15) is 19.4 Å². The second kappa shape index (κ2) is 7.25. The average Bonchev–Trinajstić information content (AvgIpc) is 2.42. The zero-order chi connectivity index (χ0) is 15.2. The van der Waals surface area contributed by atoms with Crippen LogP contribution in [0, 0.1) is 0 Å². The van der Waals surface area contributed by atoms with Crippen LogP contribution >= 0.6 is 0 Å². The summed E-state index contributed by atoms with van der Waals surface area (Å²) >= 11 is 0. The molecule has 0 aromatic heterocycles. The van der Waals surface area contributed by atoms with Crippen molar-refractivity contribution in [1.29, 1.82) is 0 Å². The Labute approximate surface area is 119 Å². The fourth-order valence-corrected chi connectivity index (χ4v) is 2.79. The van der Waals surface area contributed by atoms with Gasteiger partial charge in [-0.05, 0) is 30.2 Å². The maximum atomic E-state index is 12.1. The third kappa shape index (κ3) is 4.50. The molecule has 0 saturated carbocycles. The molecule has 1 aromatic carbocycles. The highest BCUT2D eigenvalue weighted by Crippen LogP contribution is 2.22. The van der Waals surface area contributed by atoms with Gasteiger partial charge in [0.2, 0.25) is 15.9 Å². The summed E-state index contributed by atoms with van der Waals surface area (Å²) in [6, 6.07) is 4.74. The minimum atomic E-state index is -3.57. The summed E-state index contributed by atoms with van der Waals surface area (Å²) in [7, 11) is -2.02. The van der Waals surface area contributed by atoms with Crippen LogP contribution < -0.4 is 14.8 Å². The van der Waals surface area contributed by atoms with E-state index in [4.69, 9.17) is 4.74 Å². The lowest BCUT2D eigenvalue weighted by atomic mass is 10.1. The van der Waals surface area contributed by atoms with Gasteiger partial charge in [-0.25, -0.2) is 13.1 Å². The molecule has 112 valence electrons. The van der Waals surface area contributed by atoms with Gasteiger partial charge in [0, 0.05) is 20.0 Å². The minimum Gasteiger partial charge on any atom is -0.496 e. The first-order chi connectivity index (χ1) is 9.40. The molecule has 20 heavy (non-hydrogen) atoms. The predicted octanol–water partition coefficient (Wildman–Crippen LogP) is 0.672. The van der Waals surface area contributed by atoms with Gasteiger partial charge in [-0.2, -0.15) is 0 Å². The third-order valence-corrected chi connectivity index (χ3v) is 4.19. The molecule has 6 nitrogen and oxygen atoms in total. The number of methoxy groups -OCH3 is 1. The Morgan fingerprint density at radius 3 is 2.55 bits per heavy atom. The molecule has 0 heterocycles. The Balaban J connectivity index is 2.79. The van der Waals surface area contributed by atoms with Crippen molar-refractivity contribution in [2.45, 2.75) is 25.2 Å². The molecule has 1 rings (SSSR count). The van der Waals surface area contributed by atoms with E-state index in [0.717, 1.165) is 5.56 Å². The summed E-state index contributed by atoms with van der Waals surface area (Å²) in [5.41, 5.74) is 0.831. The summed E-state index contributed by atoms with van der Waals surface area (Å²) in [6.45, 7) is 3.71. The van der Waals surface area contributed by atoms with Crippen LogP contribution in [-0.2, 0) is 21.2 Å². The van der Waals surface area contributed by atoms with Gasteiger partial charge in [-0.1, -0.05) is 6.92 Å². The first-order valence-corrected chi connectivity index (χ1v) is 7.80. The molecule has 1 aromatic rings.